The molecule has 0 heterocycles. The molecule has 0 spiro atoms. The summed E-state index contributed by atoms with van der Waals surface area (Å²) in [6.45, 7) is 3.90. The quantitative estimate of drug-likeness (QED) is 0.620. The van der Waals surface area contributed by atoms with Crippen LogP contribution in [0.4, 0.5) is 0 Å². The Morgan fingerprint density at radius 1 is 1.73 bits per heavy atom. The zero-order chi connectivity index (χ0) is 8.48. The SMILES string of the molecule is CCC1(NC(=O)C(C)S)CC1. The van der Waals surface area contributed by atoms with Gasteiger partial charge >= 0.3 is 0 Å². The number of carbonyl (C=O) groups excluding carboxylic acids is 1. The molecule has 1 atom stereocenters. The summed E-state index contributed by atoms with van der Waals surface area (Å²) in [5.74, 6) is 0.0627. The van der Waals surface area contributed by atoms with Crippen LogP contribution in [0.15, 0.2) is 0 Å². The van der Waals surface area contributed by atoms with E-state index < -0.39 is 0 Å². The van der Waals surface area contributed by atoms with Crippen LogP contribution in [0.3, 0.4) is 0 Å². The Morgan fingerprint density at radius 2 is 2.27 bits per heavy atom. The third-order valence-electron chi connectivity index (χ3n) is 2.30. The number of nitrogens with one attached hydrogen (secondary N) is 1. The van der Waals surface area contributed by atoms with Crippen molar-refractivity contribution in [2.45, 2.75) is 43.9 Å². The minimum absolute atomic E-state index is 0.0627. The Labute approximate surface area is 73.2 Å². The molecule has 1 fully saturated rings. The molecule has 0 aromatic rings. The first-order chi connectivity index (χ1) is 5.09. The summed E-state index contributed by atoms with van der Waals surface area (Å²) in [5, 5.41) is 2.82. The fourth-order valence-corrected chi connectivity index (χ4v) is 1.15. The first-order valence-electron chi connectivity index (χ1n) is 4.10. The molecule has 1 aliphatic carbocycles. The van der Waals surface area contributed by atoms with Crippen LogP contribution in [0.25, 0.3) is 0 Å². The third kappa shape index (κ3) is 2.12. The van der Waals surface area contributed by atoms with Gasteiger partial charge in [-0.15, -0.1) is 0 Å². The van der Waals surface area contributed by atoms with Gasteiger partial charge in [0.25, 0.3) is 0 Å². The fourth-order valence-electron chi connectivity index (χ4n) is 1.08. The Balaban J connectivity index is 2.36. The van der Waals surface area contributed by atoms with Crippen molar-refractivity contribution in [3.63, 3.8) is 0 Å². The number of hydrogen-bond donors (Lipinski definition) is 2. The monoisotopic (exact) mass is 173 g/mol. The lowest BCUT2D eigenvalue weighted by Gasteiger charge is -2.15. The van der Waals surface area contributed by atoms with Gasteiger partial charge in [0, 0.05) is 5.54 Å². The molecule has 11 heavy (non-hydrogen) atoms. The normalized spacial score (nSPS) is 22.5. The molecule has 3 heteroatoms. The standard InChI is InChI=1S/C8H15NOS/c1-3-8(4-5-8)9-7(10)6(2)11/h6,11H,3-5H2,1-2H3,(H,9,10). The molecule has 0 aliphatic heterocycles. The van der Waals surface area contributed by atoms with Crippen molar-refractivity contribution >= 4 is 18.5 Å². The molecule has 0 aromatic carbocycles. The van der Waals surface area contributed by atoms with Gasteiger partial charge in [0.1, 0.15) is 0 Å². The van der Waals surface area contributed by atoms with E-state index in [0.29, 0.717) is 0 Å². The zero-order valence-electron chi connectivity index (χ0n) is 7.05. The first kappa shape index (κ1) is 8.91. The zero-order valence-corrected chi connectivity index (χ0v) is 7.95. The number of amides is 1. The maximum atomic E-state index is 11.2. The molecule has 1 unspecified atom stereocenters. The molecule has 0 aromatic heterocycles. The van der Waals surface area contributed by atoms with Crippen LogP contribution >= 0.6 is 12.6 Å². The molecule has 1 saturated carbocycles. The van der Waals surface area contributed by atoms with Gasteiger partial charge in [0.05, 0.1) is 5.25 Å². The van der Waals surface area contributed by atoms with Gasteiger partial charge in [-0.05, 0) is 26.2 Å². The summed E-state index contributed by atoms with van der Waals surface area (Å²) in [7, 11) is 0. The summed E-state index contributed by atoms with van der Waals surface area (Å²) in [6, 6.07) is 0. The number of hydrogen-bond acceptors (Lipinski definition) is 2. The van der Waals surface area contributed by atoms with Crippen LogP contribution < -0.4 is 5.32 Å². The molecule has 64 valence electrons. The molecule has 0 radical (unpaired) electrons. The van der Waals surface area contributed by atoms with Crippen LogP contribution in [-0.2, 0) is 4.79 Å². The van der Waals surface area contributed by atoms with E-state index in [1.165, 1.54) is 0 Å². The highest BCUT2D eigenvalue weighted by Crippen LogP contribution is 2.38. The first-order valence-corrected chi connectivity index (χ1v) is 4.61. The van der Waals surface area contributed by atoms with E-state index in [4.69, 9.17) is 0 Å². The van der Waals surface area contributed by atoms with Gasteiger partial charge < -0.3 is 5.32 Å². The summed E-state index contributed by atoms with van der Waals surface area (Å²) < 4.78 is 0. The van der Waals surface area contributed by atoms with Crippen LogP contribution in [-0.4, -0.2) is 16.7 Å². The van der Waals surface area contributed by atoms with Crippen molar-refractivity contribution < 1.29 is 4.79 Å². The number of thiol groups is 1. The highest BCUT2D eigenvalue weighted by atomic mass is 32.1. The summed E-state index contributed by atoms with van der Waals surface area (Å²) in [6.07, 6.45) is 3.31. The average Bonchev–Trinajstić information content (AvgIpc) is 2.69. The van der Waals surface area contributed by atoms with Crippen LogP contribution in [0.5, 0.6) is 0 Å². The van der Waals surface area contributed by atoms with Crippen molar-refractivity contribution in [3.05, 3.63) is 0 Å². The molecular formula is C8H15NOS. The molecule has 0 saturated heterocycles. The molecule has 0 bridgehead atoms. The van der Waals surface area contributed by atoms with Crippen molar-refractivity contribution in [1.82, 2.24) is 5.32 Å². The Bertz CT molecular complexity index is 163. The largest absolute Gasteiger partial charge is 0.350 e. The predicted octanol–water partition coefficient (Wildman–Crippen LogP) is 1.36. The highest BCUT2D eigenvalue weighted by Gasteiger charge is 2.42. The smallest absolute Gasteiger partial charge is 0.232 e. The van der Waals surface area contributed by atoms with Gasteiger partial charge in [-0.3, -0.25) is 4.79 Å². The van der Waals surface area contributed by atoms with Crippen molar-refractivity contribution in [2.24, 2.45) is 0 Å². The molecule has 1 rings (SSSR count). The topological polar surface area (TPSA) is 29.1 Å². The maximum Gasteiger partial charge on any atom is 0.232 e. The number of rotatable bonds is 3. The fraction of sp³-hybridized carbons (Fsp3) is 0.875. The molecule has 1 amide bonds. The minimum Gasteiger partial charge on any atom is -0.350 e. The van der Waals surface area contributed by atoms with Gasteiger partial charge in [-0.25, -0.2) is 0 Å². The molecule has 2 nitrogen and oxygen atoms in total. The second-order valence-corrected chi connectivity index (χ2v) is 4.07. The predicted molar refractivity (Wildman–Crippen MR) is 48.8 cm³/mol. The lowest BCUT2D eigenvalue weighted by atomic mass is 10.2. The van der Waals surface area contributed by atoms with Gasteiger partial charge in [-0.2, -0.15) is 12.6 Å². The summed E-state index contributed by atoms with van der Waals surface area (Å²) in [5.41, 5.74) is 0.147. The minimum atomic E-state index is -0.181. The van der Waals surface area contributed by atoms with E-state index in [9.17, 15) is 4.79 Å². The van der Waals surface area contributed by atoms with Crippen molar-refractivity contribution in [2.75, 3.05) is 0 Å². The average molecular weight is 173 g/mol. The molecule has 1 aliphatic rings. The van der Waals surface area contributed by atoms with Gasteiger partial charge in [-0.1, -0.05) is 6.92 Å². The van der Waals surface area contributed by atoms with Crippen molar-refractivity contribution in [1.29, 1.82) is 0 Å². The third-order valence-corrected chi connectivity index (χ3v) is 2.53. The van der Waals surface area contributed by atoms with E-state index in [1.807, 2.05) is 0 Å². The van der Waals surface area contributed by atoms with Crippen LogP contribution in [0.1, 0.15) is 33.1 Å². The lowest BCUT2D eigenvalue weighted by molar-refractivity contribution is -0.121. The van der Waals surface area contributed by atoms with Gasteiger partial charge in [0.15, 0.2) is 0 Å². The second-order valence-electron chi connectivity index (χ2n) is 3.30. The van der Waals surface area contributed by atoms with E-state index in [-0.39, 0.29) is 16.7 Å². The Morgan fingerprint density at radius 3 is 2.55 bits per heavy atom. The highest BCUT2D eigenvalue weighted by molar-refractivity contribution is 7.81. The maximum absolute atomic E-state index is 11.2. The van der Waals surface area contributed by atoms with Crippen LogP contribution in [0.2, 0.25) is 0 Å². The molecule has 1 N–H and O–H groups in total. The van der Waals surface area contributed by atoms with Crippen LogP contribution in [0, 0.1) is 0 Å². The second kappa shape index (κ2) is 3.05. The van der Waals surface area contributed by atoms with E-state index in [2.05, 4.69) is 24.9 Å². The van der Waals surface area contributed by atoms with Gasteiger partial charge in [0.2, 0.25) is 5.91 Å². The Kier molecular flexibility index (Phi) is 2.47. The van der Waals surface area contributed by atoms with E-state index in [0.717, 1.165) is 19.3 Å². The van der Waals surface area contributed by atoms with E-state index in [1.54, 1.807) is 6.92 Å². The van der Waals surface area contributed by atoms with Crippen molar-refractivity contribution in [3.8, 4) is 0 Å². The summed E-state index contributed by atoms with van der Waals surface area (Å²) >= 11 is 4.06. The van der Waals surface area contributed by atoms with E-state index >= 15 is 0 Å². The molecular weight excluding hydrogens is 158 g/mol. The Hall–Kier alpha value is -0.180. The summed E-state index contributed by atoms with van der Waals surface area (Å²) in [4.78, 5) is 11.2. The lowest BCUT2D eigenvalue weighted by Crippen LogP contribution is -2.39. The number of carbonyl (C=O) groups is 1.